The Morgan fingerprint density at radius 3 is 2.17 bits per heavy atom. The molecule has 41 heavy (non-hydrogen) atoms. The van der Waals surface area contributed by atoms with E-state index in [0.29, 0.717) is 18.0 Å². The van der Waals surface area contributed by atoms with E-state index in [1.807, 2.05) is 74.5 Å². The first-order valence-electron chi connectivity index (χ1n) is 13.7. The van der Waals surface area contributed by atoms with Gasteiger partial charge in [0.15, 0.2) is 11.5 Å². The number of sulfonamides is 1. The van der Waals surface area contributed by atoms with Crippen LogP contribution in [0.1, 0.15) is 31.9 Å². The van der Waals surface area contributed by atoms with Gasteiger partial charge in [0, 0.05) is 25.6 Å². The average Bonchev–Trinajstić information content (AvgIpc) is 3.45. The number of anilines is 1. The zero-order chi connectivity index (χ0) is 29.4. The average molecular weight is 580 g/mol. The summed E-state index contributed by atoms with van der Waals surface area (Å²) in [5, 5.41) is 2.98. The van der Waals surface area contributed by atoms with Crippen molar-refractivity contribution in [2.45, 2.75) is 39.8 Å². The highest BCUT2D eigenvalue weighted by Crippen LogP contribution is 2.36. The molecule has 0 saturated carbocycles. The van der Waals surface area contributed by atoms with Crippen LogP contribution in [0.3, 0.4) is 0 Å². The highest BCUT2D eigenvalue weighted by Gasteiger charge is 2.34. The number of amides is 2. The molecule has 1 unspecified atom stereocenters. The summed E-state index contributed by atoms with van der Waals surface area (Å²) in [5.74, 6) is 0.122. The largest absolute Gasteiger partial charge is 0.454 e. The number of carbonyl (C=O) groups excluding carboxylic acids is 2. The van der Waals surface area contributed by atoms with Crippen LogP contribution in [0.15, 0.2) is 78.9 Å². The maximum Gasteiger partial charge on any atom is 0.244 e. The molecule has 4 rings (SSSR count). The van der Waals surface area contributed by atoms with Crippen LogP contribution < -0.4 is 19.1 Å². The van der Waals surface area contributed by atoms with E-state index in [1.165, 1.54) is 11.8 Å². The SMILES string of the molecule is CCS(=O)(=O)N(CC(=O)N(Cc1ccccc1)C(Cc1ccccc1)C(=O)NCC(C)C)c1ccc2c(c1)OCO2. The molecular formula is C31H37N3O6S. The first-order chi connectivity index (χ1) is 19.7. The van der Waals surface area contributed by atoms with Crippen LogP contribution in [0.4, 0.5) is 5.69 Å². The third-order valence-electron chi connectivity index (χ3n) is 6.77. The Balaban J connectivity index is 1.72. The van der Waals surface area contributed by atoms with Crippen LogP contribution in [0.25, 0.3) is 0 Å². The molecule has 0 saturated heterocycles. The van der Waals surface area contributed by atoms with Gasteiger partial charge in [-0.1, -0.05) is 74.5 Å². The summed E-state index contributed by atoms with van der Waals surface area (Å²) in [6.07, 6.45) is 0.272. The van der Waals surface area contributed by atoms with Gasteiger partial charge in [-0.2, -0.15) is 0 Å². The lowest BCUT2D eigenvalue weighted by molar-refractivity contribution is -0.140. The molecule has 10 heteroatoms. The van der Waals surface area contributed by atoms with Crippen LogP contribution >= 0.6 is 0 Å². The molecule has 3 aromatic rings. The number of rotatable bonds is 13. The summed E-state index contributed by atoms with van der Waals surface area (Å²) in [7, 11) is -3.87. The minimum absolute atomic E-state index is 0.0375. The van der Waals surface area contributed by atoms with Crippen molar-refractivity contribution in [1.29, 1.82) is 0 Å². The van der Waals surface area contributed by atoms with E-state index in [2.05, 4.69) is 5.32 Å². The van der Waals surface area contributed by atoms with Gasteiger partial charge in [0.1, 0.15) is 12.6 Å². The Hall–Kier alpha value is -4.05. The lowest BCUT2D eigenvalue weighted by Crippen LogP contribution is -2.53. The van der Waals surface area contributed by atoms with Crippen molar-refractivity contribution in [3.05, 3.63) is 90.0 Å². The summed E-state index contributed by atoms with van der Waals surface area (Å²) in [5.41, 5.74) is 1.99. The molecule has 0 radical (unpaired) electrons. The molecular weight excluding hydrogens is 542 g/mol. The van der Waals surface area contributed by atoms with Gasteiger partial charge in [0.05, 0.1) is 11.4 Å². The van der Waals surface area contributed by atoms with E-state index >= 15 is 0 Å². The van der Waals surface area contributed by atoms with Crippen LogP contribution in [-0.2, 0) is 32.6 Å². The smallest absolute Gasteiger partial charge is 0.244 e. The van der Waals surface area contributed by atoms with Crippen molar-refractivity contribution in [2.75, 3.05) is 29.9 Å². The minimum Gasteiger partial charge on any atom is -0.454 e. The number of nitrogens with zero attached hydrogens (tertiary/aromatic N) is 2. The highest BCUT2D eigenvalue weighted by atomic mass is 32.2. The monoisotopic (exact) mass is 579 g/mol. The Labute approximate surface area is 242 Å². The lowest BCUT2D eigenvalue weighted by Gasteiger charge is -2.34. The van der Waals surface area contributed by atoms with Crippen molar-refractivity contribution < 1.29 is 27.5 Å². The topological polar surface area (TPSA) is 105 Å². The predicted molar refractivity (Wildman–Crippen MR) is 158 cm³/mol. The first kappa shape index (κ1) is 29.9. The van der Waals surface area contributed by atoms with Crippen molar-refractivity contribution in [2.24, 2.45) is 5.92 Å². The molecule has 1 aliphatic heterocycles. The fourth-order valence-corrected chi connectivity index (χ4v) is 5.57. The standard InChI is InChI=1S/C31H37N3O6S/c1-4-41(37,38)34(26-15-16-28-29(18-26)40-22-39-28)21-30(35)33(20-25-13-9-6-10-14-25)27(31(36)32-19-23(2)3)17-24-11-7-5-8-12-24/h5-16,18,23,27H,4,17,19-22H2,1-3H3,(H,32,36). The number of hydrogen-bond donors (Lipinski definition) is 1. The molecule has 1 N–H and O–H groups in total. The molecule has 0 aromatic heterocycles. The second-order valence-corrected chi connectivity index (χ2v) is 12.5. The van der Waals surface area contributed by atoms with Gasteiger partial charge in [-0.05, 0) is 36.1 Å². The van der Waals surface area contributed by atoms with E-state index in [9.17, 15) is 18.0 Å². The molecule has 0 spiro atoms. The molecule has 218 valence electrons. The van der Waals surface area contributed by atoms with Crippen molar-refractivity contribution in [1.82, 2.24) is 10.2 Å². The van der Waals surface area contributed by atoms with Crippen molar-refractivity contribution in [3.8, 4) is 11.5 Å². The predicted octanol–water partition coefficient (Wildman–Crippen LogP) is 3.98. The molecule has 1 atom stereocenters. The van der Waals surface area contributed by atoms with E-state index < -0.39 is 28.5 Å². The van der Waals surface area contributed by atoms with Crippen LogP contribution in [0.5, 0.6) is 11.5 Å². The second kappa shape index (κ2) is 13.5. The van der Waals surface area contributed by atoms with Crippen molar-refractivity contribution >= 4 is 27.5 Å². The molecule has 0 aliphatic carbocycles. The summed E-state index contributed by atoms with van der Waals surface area (Å²) in [6.45, 7) is 5.66. The van der Waals surface area contributed by atoms with Crippen LogP contribution in [0, 0.1) is 5.92 Å². The maximum atomic E-state index is 14.2. The number of ether oxygens (including phenoxy) is 2. The van der Waals surface area contributed by atoms with E-state index in [0.717, 1.165) is 15.4 Å². The van der Waals surface area contributed by atoms with Gasteiger partial charge in [-0.3, -0.25) is 13.9 Å². The highest BCUT2D eigenvalue weighted by molar-refractivity contribution is 7.92. The Morgan fingerprint density at radius 2 is 1.54 bits per heavy atom. The van der Waals surface area contributed by atoms with Gasteiger partial charge in [0.2, 0.25) is 28.6 Å². The lowest BCUT2D eigenvalue weighted by atomic mass is 10.0. The van der Waals surface area contributed by atoms with Crippen molar-refractivity contribution in [3.63, 3.8) is 0 Å². The number of nitrogens with one attached hydrogen (secondary N) is 1. The fraction of sp³-hybridized carbons (Fsp3) is 0.355. The number of carbonyl (C=O) groups is 2. The molecule has 2 amide bonds. The fourth-order valence-electron chi connectivity index (χ4n) is 4.52. The van der Waals surface area contributed by atoms with Gasteiger partial charge < -0.3 is 19.7 Å². The zero-order valence-electron chi connectivity index (χ0n) is 23.7. The van der Waals surface area contributed by atoms with Crippen LogP contribution in [-0.4, -0.2) is 56.8 Å². The molecule has 1 heterocycles. The molecule has 0 fully saturated rings. The van der Waals surface area contributed by atoms with E-state index in [-0.39, 0.29) is 43.0 Å². The number of benzene rings is 3. The summed E-state index contributed by atoms with van der Waals surface area (Å²) >= 11 is 0. The van der Waals surface area contributed by atoms with Crippen LogP contribution in [0.2, 0.25) is 0 Å². The normalized spacial score (nSPS) is 13.1. The van der Waals surface area contributed by atoms with Gasteiger partial charge in [-0.25, -0.2) is 8.42 Å². The maximum absolute atomic E-state index is 14.2. The third kappa shape index (κ3) is 7.79. The summed E-state index contributed by atoms with van der Waals surface area (Å²) in [6, 6.07) is 22.8. The summed E-state index contributed by atoms with van der Waals surface area (Å²) < 4.78 is 38.5. The van der Waals surface area contributed by atoms with Gasteiger partial charge in [0.25, 0.3) is 0 Å². The quantitative estimate of drug-likeness (QED) is 0.329. The number of hydrogen-bond acceptors (Lipinski definition) is 6. The minimum atomic E-state index is -3.87. The first-order valence-corrected chi connectivity index (χ1v) is 15.3. The Kier molecular flexibility index (Phi) is 9.88. The third-order valence-corrected chi connectivity index (χ3v) is 8.52. The van der Waals surface area contributed by atoms with E-state index in [4.69, 9.17) is 9.47 Å². The molecule has 3 aromatic carbocycles. The second-order valence-electron chi connectivity index (χ2n) is 10.3. The molecule has 9 nitrogen and oxygen atoms in total. The number of fused-ring (bicyclic) bond motifs is 1. The Morgan fingerprint density at radius 1 is 0.902 bits per heavy atom. The summed E-state index contributed by atoms with van der Waals surface area (Å²) in [4.78, 5) is 29.3. The molecule has 1 aliphatic rings. The van der Waals surface area contributed by atoms with Gasteiger partial charge >= 0.3 is 0 Å². The zero-order valence-corrected chi connectivity index (χ0v) is 24.5. The Bertz CT molecular complexity index is 1430. The molecule has 0 bridgehead atoms. The van der Waals surface area contributed by atoms with E-state index in [1.54, 1.807) is 18.2 Å². The van der Waals surface area contributed by atoms with Gasteiger partial charge in [-0.15, -0.1) is 0 Å².